The van der Waals surface area contributed by atoms with E-state index in [9.17, 15) is 0 Å². The standard InChI is InChI=1S/C11H23NS/c1-10(2)5-7-13-9-11-4-3-6-12-8-11/h10-12H,3-9H2,1-2H3. The number of rotatable bonds is 5. The van der Waals surface area contributed by atoms with Gasteiger partial charge >= 0.3 is 0 Å². The smallest absolute Gasteiger partial charge is 0.00126 e. The van der Waals surface area contributed by atoms with Crippen LogP contribution < -0.4 is 5.32 Å². The molecule has 1 atom stereocenters. The van der Waals surface area contributed by atoms with E-state index in [2.05, 4.69) is 30.9 Å². The SMILES string of the molecule is CC(C)CCSCC1CCCNC1. The summed E-state index contributed by atoms with van der Waals surface area (Å²) < 4.78 is 0. The van der Waals surface area contributed by atoms with E-state index in [1.54, 1.807) is 0 Å². The van der Waals surface area contributed by atoms with Crippen molar-refractivity contribution in [2.24, 2.45) is 11.8 Å². The fourth-order valence-corrected chi connectivity index (χ4v) is 3.06. The average Bonchev–Trinajstić information content (AvgIpc) is 2.14. The molecule has 0 radical (unpaired) electrons. The van der Waals surface area contributed by atoms with E-state index in [0.717, 1.165) is 11.8 Å². The summed E-state index contributed by atoms with van der Waals surface area (Å²) in [5.41, 5.74) is 0. The highest BCUT2D eigenvalue weighted by atomic mass is 32.2. The first-order chi connectivity index (χ1) is 6.29. The first-order valence-corrected chi connectivity index (χ1v) is 6.73. The average molecular weight is 201 g/mol. The summed E-state index contributed by atoms with van der Waals surface area (Å²) in [6.07, 6.45) is 4.21. The molecule has 1 aliphatic heterocycles. The van der Waals surface area contributed by atoms with Crippen molar-refractivity contribution < 1.29 is 0 Å². The van der Waals surface area contributed by atoms with Gasteiger partial charge in [0, 0.05) is 0 Å². The molecular weight excluding hydrogens is 178 g/mol. The van der Waals surface area contributed by atoms with Gasteiger partial charge in [-0.1, -0.05) is 13.8 Å². The molecule has 1 nitrogen and oxygen atoms in total. The van der Waals surface area contributed by atoms with Crippen LogP contribution in [-0.4, -0.2) is 24.6 Å². The van der Waals surface area contributed by atoms with Crippen molar-refractivity contribution in [3.63, 3.8) is 0 Å². The second-order valence-corrected chi connectivity index (χ2v) is 5.62. The van der Waals surface area contributed by atoms with Crippen molar-refractivity contribution in [1.82, 2.24) is 5.32 Å². The second-order valence-electron chi connectivity index (χ2n) is 4.47. The lowest BCUT2D eigenvalue weighted by Crippen LogP contribution is -2.31. The number of hydrogen-bond acceptors (Lipinski definition) is 2. The minimum Gasteiger partial charge on any atom is -0.316 e. The minimum absolute atomic E-state index is 0.872. The fraction of sp³-hybridized carbons (Fsp3) is 1.00. The summed E-state index contributed by atoms with van der Waals surface area (Å²) in [5.74, 6) is 4.55. The van der Waals surface area contributed by atoms with Gasteiger partial charge in [-0.15, -0.1) is 0 Å². The quantitative estimate of drug-likeness (QED) is 0.687. The Morgan fingerprint density at radius 3 is 2.92 bits per heavy atom. The molecule has 1 fully saturated rings. The van der Waals surface area contributed by atoms with Crippen LogP contribution in [0.3, 0.4) is 0 Å². The van der Waals surface area contributed by atoms with Crippen LogP contribution in [0.15, 0.2) is 0 Å². The highest BCUT2D eigenvalue weighted by Gasteiger charge is 2.12. The van der Waals surface area contributed by atoms with Crippen molar-refractivity contribution in [3.05, 3.63) is 0 Å². The first kappa shape index (κ1) is 11.4. The third-order valence-corrected chi connectivity index (χ3v) is 3.82. The van der Waals surface area contributed by atoms with Crippen molar-refractivity contribution in [1.29, 1.82) is 0 Å². The Labute approximate surface area is 87.1 Å². The Balaban J connectivity index is 1.92. The van der Waals surface area contributed by atoms with Crippen LogP contribution >= 0.6 is 11.8 Å². The van der Waals surface area contributed by atoms with E-state index in [1.165, 1.54) is 43.9 Å². The number of thioether (sulfide) groups is 1. The van der Waals surface area contributed by atoms with Crippen LogP contribution in [0.5, 0.6) is 0 Å². The van der Waals surface area contributed by atoms with Crippen molar-refractivity contribution in [3.8, 4) is 0 Å². The highest BCUT2D eigenvalue weighted by Crippen LogP contribution is 2.17. The first-order valence-electron chi connectivity index (χ1n) is 5.57. The molecule has 78 valence electrons. The zero-order valence-electron chi connectivity index (χ0n) is 9.01. The Morgan fingerprint density at radius 2 is 2.31 bits per heavy atom. The number of nitrogens with one attached hydrogen (secondary N) is 1. The molecule has 0 amide bonds. The summed E-state index contributed by atoms with van der Waals surface area (Å²) >= 11 is 2.15. The van der Waals surface area contributed by atoms with Gasteiger partial charge in [0.15, 0.2) is 0 Å². The van der Waals surface area contributed by atoms with Crippen LogP contribution in [0.2, 0.25) is 0 Å². The number of hydrogen-bond donors (Lipinski definition) is 1. The largest absolute Gasteiger partial charge is 0.316 e. The lowest BCUT2D eigenvalue weighted by atomic mass is 10.0. The van der Waals surface area contributed by atoms with Crippen molar-refractivity contribution in [2.75, 3.05) is 24.6 Å². The molecule has 0 aliphatic carbocycles. The minimum atomic E-state index is 0.872. The van der Waals surface area contributed by atoms with E-state index < -0.39 is 0 Å². The molecule has 0 spiro atoms. The maximum Gasteiger partial charge on any atom is -0.00126 e. The monoisotopic (exact) mass is 201 g/mol. The molecule has 1 saturated heterocycles. The Hall–Kier alpha value is 0.310. The van der Waals surface area contributed by atoms with Gasteiger partial charge in [0.1, 0.15) is 0 Å². The van der Waals surface area contributed by atoms with E-state index >= 15 is 0 Å². The van der Waals surface area contributed by atoms with Gasteiger partial charge in [0.25, 0.3) is 0 Å². The van der Waals surface area contributed by atoms with Gasteiger partial charge < -0.3 is 5.32 Å². The van der Waals surface area contributed by atoms with E-state index in [1.807, 2.05) is 0 Å². The zero-order valence-corrected chi connectivity index (χ0v) is 9.83. The van der Waals surface area contributed by atoms with Crippen molar-refractivity contribution >= 4 is 11.8 Å². The lowest BCUT2D eigenvalue weighted by Gasteiger charge is -2.22. The van der Waals surface area contributed by atoms with Gasteiger partial charge in [0.2, 0.25) is 0 Å². The number of piperidine rings is 1. The molecule has 1 heterocycles. The maximum atomic E-state index is 3.47. The van der Waals surface area contributed by atoms with Crippen LogP contribution in [0.4, 0.5) is 0 Å². The summed E-state index contributed by atoms with van der Waals surface area (Å²) in [4.78, 5) is 0. The molecule has 1 rings (SSSR count). The Morgan fingerprint density at radius 1 is 1.46 bits per heavy atom. The van der Waals surface area contributed by atoms with Gasteiger partial charge in [-0.25, -0.2) is 0 Å². The van der Waals surface area contributed by atoms with Crippen molar-refractivity contribution in [2.45, 2.75) is 33.1 Å². The predicted octanol–water partition coefficient (Wildman–Crippen LogP) is 2.77. The lowest BCUT2D eigenvalue weighted by molar-refractivity contribution is 0.410. The molecule has 0 aromatic rings. The summed E-state index contributed by atoms with van der Waals surface area (Å²) in [6, 6.07) is 0. The van der Waals surface area contributed by atoms with Crippen LogP contribution in [0.1, 0.15) is 33.1 Å². The third-order valence-electron chi connectivity index (χ3n) is 2.59. The summed E-state index contributed by atoms with van der Waals surface area (Å²) in [7, 11) is 0. The van der Waals surface area contributed by atoms with Gasteiger partial charge in [-0.2, -0.15) is 11.8 Å². The molecule has 1 N–H and O–H groups in total. The molecule has 0 saturated carbocycles. The van der Waals surface area contributed by atoms with Crippen LogP contribution in [0.25, 0.3) is 0 Å². The molecule has 2 heteroatoms. The van der Waals surface area contributed by atoms with E-state index in [4.69, 9.17) is 0 Å². The molecule has 0 aromatic heterocycles. The zero-order chi connectivity index (χ0) is 9.52. The summed E-state index contributed by atoms with van der Waals surface area (Å²) in [5, 5.41) is 3.47. The van der Waals surface area contributed by atoms with Gasteiger partial charge in [-0.05, 0) is 55.7 Å². The van der Waals surface area contributed by atoms with E-state index in [0.29, 0.717) is 0 Å². The Bertz CT molecular complexity index is 119. The molecule has 13 heavy (non-hydrogen) atoms. The molecular formula is C11H23NS. The molecule has 1 aliphatic rings. The maximum absolute atomic E-state index is 3.47. The summed E-state index contributed by atoms with van der Waals surface area (Å²) in [6.45, 7) is 7.12. The molecule has 0 aromatic carbocycles. The van der Waals surface area contributed by atoms with E-state index in [-0.39, 0.29) is 0 Å². The highest BCUT2D eigenvalue weighted by molar-refractivity contribution is 7.99. The van der Waals surface area contributed by atoms with Gasteiger partial charge in [-0.3, -0.25) is 0 Å². The Kier molecular flexibility index (Phi) is 5.88. The topological polar surface area (TPSA) is 12.0 Å². The fourth-order valence-electron chi connectivity index (χ4n) is 1.64. The van der Waals surface area contributed by atoms with Crippen LogP contribution in [0, 0.1) is 11.8 Å². The normalized spacial score (nSPS) is 23.8. The third kappa shape index (κ3) is 5.58. The van der Waals surface area contributed by atoms with Crippen LogP contribution in [-0.2, 0) is 0 Å². The van der Waals surface area contributed by atoms with Gasteiger partial charge in [0.05, 0.1) is 0 Å². The molecule has 1 unspecified atom stereocenters. The predicted molar refractivity (Wildman–Crippen MR) is 62.4 cm³/mol. The molecule has 0 bridgehead atoms. The second kappa shape index (κ2) is 6.72.